The van der Waals surface area contributed by atoms with Crippen LogP contribution in [0.25, 0.3) is 0 Å². The number of fused-ring (bicyclic) bond motifs is 1. The molecule has 1 aromatic carbocycles. The van der Waals surface area contributed by atoms with Gasteiger partial charge in [0.2, 0.25) is 11.8 Å². The Balaban J connectivity index is 0.00000199. The van der Waals surface area contributed by atoms with Gasteiger partial charge in [-0.3, -0.25) is 14.6 Å². The van der Waals surface area contributed by atoms with E-state index in [1.807, 2.05) is 32.1 Å². The van der Waals surface area contributed by atoms with Crippen molar-refractivity contribution in [2.45, 2.75) is 65.2 Å². The van der Waals surface area contributed by atoms with Crippen LogP contribution < -0.4 is 10.6 Å². The normalized spacial score (nSPS) is 15.8. The number of amides is 2. The molecule has 1 aliphatic carbocycles. The van der Waals surface area contributed by atoms with E-state index < -0.39 is 0 Å². The fourth-order valence-corrected chi connectivity index (χ4v) is 4.08. The highest BCUT2D eigenvalue weighted by molar-refractivity contribution is 5.91. The lowest BCUT2D eigenvalue weighted by atomic mass is 9.82. The topological polar surface area (TPSA) is 71.1 Å². The number of benzene rings is 1. The highest BCUT2D eigenvalue weighted by Crippen LogP contribution is 2.31. The fraction of sp³-hybridized carbons (Fsp3) is 0.414. The van der Waals surface area contributed by atoms with Crippen LogP contribution in [0.3, 0.4) is 0 Å². The lowest BCUT2D eigenvalue weighted by Gasteiger charge is -2.24. The quantitative estimate of drug-likeness (QED) is 0.414. The second-order valence-electron chi connectivity index (χ2n) is 8.14. The molecule has 2 N–H and O–H groups in total. The molecule has 0 fully saturated rings. The summed E-state index contributed by atoms with van der Waals surface area (Å²) in [5, 5.41) is 6.00. The predicted octanol–water partition coefficient (Wildman–Crippen LogP) is 6.20. The molecule has 1 aromatic heterocycles. The Morgan fingerprint density at radius 3 is 2.59 bits per heavy atom. The minimum Gasteiger partial charge on any atom is -0.356 e. The van der Waals surface area contributed by atoms with E-state index in [1.165, 1.54) is 11.1 Å². The molecule has 1 aliphatic rings. The number of allylic oxidation sites excluding steroid dienone is 3. The van der Waals surface area contributed by atoms with E-state index in [-0.39, 0.29) is 23.7 Å². The average molecular weight is 462 g/mol. The van der Waals surface area contributed by atoms with Crippen LogP contribution in [0.2, 0.25) is 0 Å². The van der Waals surface area contributed by atoms with Crippen LogP contribution in [0.5, 0.6) is 0 Å². The van der Waals surface area contributed by atoms with Gasteiger partial charge in [-0.15, -0.1) is 0 Å². The van der Waals surface area contributed by atoms with Gasteiger partial charge in [-0.2, -0.15) is 0 Å². The predicted molar refractivity (Wildman–Crippen MR) is 141 cm³/mol. The molecule has 2 aromatic rings. The highest BCUT2D eigenvalue weighted by atomic mass is 16.2. The number of pyridine rings is 1. The maximum absolute atomic E-state index is 12.8. The van der Waals surface area contributed by atoms with Crippen molar-refractivity contribution in [3.05, 3.63) is 84.2 Å². The van der Waals surface area contributed by atoms with Crippen molar-refractivity contribution in [1.82, 2.24) is 10.3 Å². The van der Waals surface area contributed by atoms with E-state index in [0.717, 1.165) is 37.8 Å². The minimum atomic E-state index is -0.0602. The second-order valence-corrected chi connectivity index (χ2v) is 8.14. The number of aromatic nitrogens is 1. The first-order chi connectivity index (χ1) is 16.7. The van der Waals surface area contributed by atoms with Gasteiger partial charge in [-0.1, -0.05) is 69.3 Å². The van der Waals surface area contributed by atoms with Crippen LogP contribution in [-0.2, 0) is 16.0 Å². The summed E-state index contributed by atoms with van der Waals surface area (Å²) in [4.78, 5) is 28.9. The number of anilines is 1. The van der Waals surface area contributed by atoms with Gasteiger partial charge in [0.1, 0.15) is 0 Å². The number of nitrogens with zero attached hydrogens (tertiary/aromatic N) is 1. The lowest BCUT2D eigenvalue weighted by molar-refractivity contribution is -0.123. The Morgan fingerprint density at radius 2 is 1.82 bits per heavy atom. The van der Waals surface area contributed by atoms with E-state index >= 15 is 0 Å². The summed E-state index contributed by atoms with van der Waals surface area (Å²) in [7, 11) is 0. The van der Waals surface area contributed by atoms with E-state index in [9.17, 15) is 9.59 Å². The zero-order chi connectivity index (χ0) is 24.6. The molecule has 1 unspecified atom stereocenters. The third-order valence-electron chi connectivity index (χ3n) is 5.73. The van der Waals surface area contributed by atoms with Crippen molar-refractivity contribution >= 4 is 17.5 Å². The van der Waals surface area contributed by atoms with E-state index in [1.54, 1.807) is 24.5 Å². The molecule has 0 saturated heterocycles. The van der Waals surface area contributed by atoms with E-state index in [2.05, 4.69) is 52.9 Å². The van der Waals surface area contributed by atoms with Gasteiger partial charge >= 0.3 is 0 Å². The molecular formula is C29H39N3O2. The highest BCUT2D eigenvalue weighted by Gasteiger charge is 2.25. The van der Waals surface area contributed by atoms with Crippen LogP contribution in [-0.4, -0.2) is 23.3 Å². The zero-order valence-electron chi connectivity index (χ0n) is 20.8. The Labute approximate surface area is 204 Å². The SMILES string of the molecule is CC.CCC=CC(/C=C\CC(=O)Nc1ccncc1)CCNC(=O)[C@H]1CCCc2ccccc21. The molecule has 0 saturated carbocycles. The summed E-state index contributed by atoms with van der Waals surface area (Å²) in [6.45, 7) is 6.71. The molecule has 5 heteroatoms. The van der Waals surface area contributed by atoms with E-state index in [0.29, 0.717) is 13.0 Å². The summed E-state index contributed by atoms with van der Waals surface area (Å²) in [5.41, 5.74) is 3.22. The summed E-state index contributed by atoms with van der Waals surface area (Å²) in [6, 6.07) is 11.8. The van der Waals surface area contributed by atoms with Gasteiger partial charge in [0.25, 0.3) is 0 Å². The van der Waals surface area contributed by atoms with Gasteiger partial charge in [0.05, 0.1) is 5.92 Å². The number of hydrogen-bond donors (Lipinski definition) is 2. The summed E-state index contributed by atoms with van der Waals surface area (Å²) in [5.74, 6) is 0.200. The number of hydrogen-bond acceptors (Lipinski definition) is 3. The van der Waals surface area contributed by atoms with E-state index in [4.69, 9.17) is 0 Å². The average Bonchev–Trinajstić information content (AvgIpc) is 2.88. The third-order valence-corrected chi connectivity index (χ3v) is 5.73. The van der Waals surface area contributed by atoms with Crippen LogP contribution in [0.1, 0.15) is 69.9 Å². The first-order valence-electron chi connectivity index (χ1n) is 12.6. The molecule has 2 atom stereocenters. The van der Waals surface area contributed by atoms with Crippen molar-refractivity contribution < 1.29 is 9.59 Å². The molecule has 34 heavy (non-hydrogen) atoms. The molecular weight excluding hydrogens is 422 g/mol. The summed E-state index contributed by atoms with van der Waals surface area (Å²) < 4.78 is 0. The Morgan fingerprint density at radius 1 is 1.09 bits per heavy atom. The van der Waals surface area contributed by atoms with Crippen LogP contribution in [0, 0.1) is 5.92 Å². The fourth-order valence-electron chi connectivity index (χ4n) is 4.08. The smallest absolute Gasteiger partial charge is 0.228 e. The molecule has 3 rings (SSSR count). The maximum Gasteiger partial charge on any atom is 0.228 e. The Kier molecular flexibility index (Phi) is 12.4. The number of nitrogens with one attached hydrogen (secondary N) is 2. The second kappa shape index (κ2) is 15.6. The number of aryl methyl sites for hydroxylation is 1. The molecule has 0 spiro atoms. The van der Waals surface area contributed by atoms with Crippen LogP contribution >= 0.6 is 0 Å². The molecule has 1 heterocycles. The zero-order valence-corrected chi connectivity index (χ0v) is 20.8. The monoisotopic (exact) mass is 461 g/mol. The van der Waals surface area contributed by atoms with Gasteiger partial charge < -0.3 is 10.6 Å². The van der Waals surface area contributed by atoms with Gasteiger partial charge in [0, 0.05) is 31.0 Å². The Hall–Kier alpha value is -3.21. The first kappa shape index (κ1) is 27.0. The van der Waals surface area contributed by atoms with Crippen molar-refractivity contribution in [3.8, 4) is 0 Å². The molecule has 5 nitrogen and oxygen atoms in total. The van der Waals surface area contributed by atoms with Gasteiger partial charge in [-0.25, -0.2) is 0 Å². The largest absolute Gasteiger partial charge is 0.356 e. The number of carbonyl (C=O) groups is 2. The molecule has 0 radical (unpaired) electrons. The first-order valence-corrected chi connectivity index (χ1v) is 12.6. The van der Waals surface area contributed by atoms with Gasteiger partial charge in [0.15, 0.2) is 0 Å². The van der Waals surface area contributed by atoms with Crippen molar-refractivity contribution in [2.75, 3.05) is 11.9 Å². The van der Waals surface area contributed by atoms with Crippen LogP contribution in [0.15, 0.2) is 73.1 Å². The van der Waals surface area contributed by atoms with Crippen LogP contribution in [0.4, 0.5) is 5.69 Å². The summed E-state index contributed by atoms with van der Waals surface area (Å²) >= 11 is 0. The standard InChI is InChI=1S/C27H33N3O2.C2H6/c1-2-3-8-21(9-6-14-26(31)30-23-16-18-28-19-17-23)15-20-29-27(32)25-13-7-11-22-10-4-5-12-24(22)25;1-2/h3-6,8-10,12,16-19,21,25H,2,7,11,13-15,20H2,1H3,(H,29,32)(H,28,30,31);1-2H3/b8-3?,9-6-;/t21?,25-;/m0./s1. The number of carbonyl (C=O) groups excluding carboxylic acids is 2. The van der Waals surface area contributed by atoms with Crippen molar-refractivity contribution in [2.24, 2.45) is 5.92 Å². The molecule has 0 aliphatic heterocycles. The van der Waals surface area contributed by atoms with Gasteiger partial charge in [-0.05, 0) is 61.3 Å². The Bertz CT molecular complexity index is 937. The third kappa shape index (κ3) is 8.97. The molecule has 2 amide bonds. The van der Waals surface area contributed by atoms with Crippen molar-refractivity contribution in [3.63, 3.8) is 0 Å². The van der Waals surface area contributed by atoms with Crippen molar-refractivity contribution in [1.29, 1.82) is 0 Å². The minimum absolute atomic E-state index is 0.0444. The maximum atomic E-state index is 12.8. The summed E-state index contributed by atoms with van der Waals surface area (Å²) in [6.07, 6.45) is 16.6. The lowest BCUT2D eigenvalue weighted by Crippen LogP contribution is -2.32. The molecule has 0 bridgehead atoms. The number of rotatable bonds is 10. The molecule has 182 valence electrons.